The average Bonchev–Trinajstić information content (AvgIpc) is 3.50. The van der Waals surface area contributed by atoms with Crippen molar-refractivity contribution in [2.45, 2.75) is 26.4 Å². The van der Waals surface area contributed by atoms with E-state index in [0.29, 0.717) is 6.54 Å². The monoisotopic (exact) mass is 446 g/mol. The normalized spacial score (nSPS) is 15.7. The van der Waals surface area contributed by atoms with Gasteiger partial charge >= 0.3 is 0 Å². The number of rotatable bonds is 6. The van der Waals surface area contributed by atoms with E-state index in [4.69, 9.17) is 4.42 Å². The summed E-state index contributed by atoms with van der Waals surface area (Å²) in [4.78, 5) is 4.81. The van der Waals surface area contributed by atoms with E-state index in [1.54, 1.807) is 10.9 Å². The minimum absolute atomic E-state index is 0.184. The molecule has 0 saturated carbocycles. The van der Waals surface area contributed by atoms with Gasteiger partial charge in [-0.1, -0.05) is 24.3 Å². The Morgan fingerprint density at radius 2 is 1.79 bits per heavy atom. The molecule has 0 unspecified atom stereocenters. The van der Waals surface area contributed by atoms with Gasteiger partial charge in [-0.25, -0.2) is 9.07 Å². The van der Waals surface area contributed by atoms with E-state index in [1.807, 2.05) is 24.3 Å². The second kappa shape index (κ2) is 9.15. The molecule has 1 aliphatic rings. The number of aromatic nitrogens is 4. The maximum absolute atomic E-state index is 13.7. The summed E-state index contributed by atoms with van der Waals surface area (Å²) in [6.07, 6.45) is 1.64. The highest BCUT2D eigenvalue weighted by Crippen LogP contribution is 2.30. The van der Waals surface area contributed by atoms with Crippen LogP contribution in [-0.2, 0) is 6.54 Å². The summed E-state index contributed by atoms with van der Waals surface area (Å²) in [6.45, 7) is 8.18. The second-order valence-electron chi connectivity index (χ2n) is 8.54. The molecular formula is C25H27FN6O. The standard InChI is InChI=1S/C25H27FN6O/c1-18-5-6-19(2)23(16-18)30-11-13-31(14-12-30)24(20-7-9-21(26)10-8-20)25-27-28-29-32(25)17-22-4-3-15-33-22/h3-10,15-16,24H,11-14,17H2,1-2H3/t24-/m1/s1. The summed E-state index contributed by atoms with van der Waals surface area (Å²) in [5, 5.41) is 12.6. The fourth-order valence-electron chi connectivity index (χ4n) is 4.52. The fourth-order valence-corrected chi connectivity index (χ4v) is 4.52. The molecule has 5 rings (SSSR count). The maximum Gasteiger partial charge on any atom is 0.173 e. The number of anilines is 1. The van der Waals surface area contributed by atoms with Gasteiger partial charge < -0.3 is 9.32 Å². The first-order chi connectivity index (χ1) is 16.1. The third-order valence-electron chi connectivity index (χ3n) is 6.26. The topological polar surface area (TPSA) is 63.2 Å². The number of tetrazole rings is 1. The van der Waals surface area contributed by atoms with Gasteiger partial charge in [0.25, 0.3) is 0 Å². The van der Waals surface area contributed by atoms with Crippen LogP contribution in [0.25, 0.3) is 0 Å². The number of hydrogen-bond donors (Lipinski definition) is 0. The molecule has 2 aromatic heterocycles. The van der Waals surface area contributed by atoms with Crippen molar-refractivity contribution in [2.75, 3.05) is 31.1 Å². The Kier molecular flexibility index (Phi) is 5.92. The number of hydrogen-bond acceptors (Lipinski definition) is 6. The lowest BCUT2D eigenvalue weighted by Crippen LogP contribution is -2.48. The van der Waals surface area contributed by atoms with Crippen LogP contribution in [0.3, 0.4) is 0 Å². The highest BCUT2D eigenvalue weighted by molar-refractivity contribution is 5.55. The zero-order chi connectivity index (χ0) is 22.8. The summed E-state index contributed by atoms with van der Waals surface area (Å²) in [7, 11) is 0. The molecule has 0 radical (unpaired) electrons. The van der Waals surface area contributed by atoms with Gasteiger partial charge in [0.2, 0.25) is 0 Å². The molecule has 33 heavy (non-hydrogen) atoms. The first-order valence-corrected chi connectivity index (χ1v) is 11.2. The van der Waals surface area contributed by atoms with Gasteiger partial charge in [0, 0.05) is 31.9 Å². The van der Waals surface area contributed by atoms with Gasteiger partial charge in [0.15, 0.2) is 5.82 Å². The second-order valence-corrected chi connectivity index (χ2v) is 8.54. The molecule has 0 spiro atoms. The van der Waals surface area contributed by atoms with Crippen LogP contribution in [-0.4, -0.2) is 51.3 Å². The summed E-state index contributed by atoms with van der Waals surface area (Å²) in [5.74, 6) is 1.24. The number of nitrogens with zero attached hydrogens (tertiary/aromatic N) is 6. The number of benzene rings is 2. The highest BCUT2D eigenvalue weighted by atomic mass is 19.1. The van der Waals surface area contributed by atoms with Crippen molar-refractivity contribution in [1.29, 1.82) is 0 Å². The van der Waals surface area contributed by atoms with Crippen LogP contribution in [0.5, 0.6) is 0 Å². The lowest BCUT2D eigenvalue weighted by atomic mass is 10.0. The van der Waals surface area contributed by atoms with Gasteiger partial charge in [0.1, 0.15) is 18.1 Å². The molecule has 8 heteroatoms. The Morgan fingerprint density at radius 3 is 2.52 bits per heavy atom. The van der Waals surface area contributed by atoms with Crippen LogP contribution >= 0.6 is 0 Å². The molecular weight excluding hydrogens is 419 g/mol. The van der Waals surface area contributed by atoms with E-state index in [1.165, 1.54) is 28.9 Å². The third-order valence-corrected chi connectivity index (χ3v) is 6.26. The molecule has 0 amide bonds. The van der Waals surface area contributed by atoms with E-state index in [9.17, 15) is 4.39 Å². The van der Waals surface area contributed by atoms with E-state index in [0.717, 1.165) is 43.3 Å². The van der Waals surface area contributed by atoms with Crippen LogP contribution < -0.4 is 4.90 Å². The summed E-state index contributed by atoms with van der Waals surface area (Å²) in [6, 6.07) is 16.8. The SMILES string of the molecule is Cc1ccc(C)c(N2CCN([C@H](c3ccc(F)cc3)c3nnnn3Cc3ccco3)CC2)c1. The van der Waals surface area contributed by atoms with Crippen molar-refractivity contribution in [2.24, 2.45) is 0 Å². The largest absolute Gasteiger partial charge is 0.467 e. The van der Waals surface area contributed by atoms with Crippen LogP contribution in [0, 0.1) is 19.7 Å². The predicted octanol–water partition coefficient (Wildman–Crippen LogP) is 3.98. The highest BCUT2D eigenvalue weighted by Gasteiger charge is 2.31. The minimum Gasteiger partial charge on any atom is -0.467 e. The van der Waals surface area contributed by atoms with Gasteiger partial charge in [-0.15, -0.1) is 5.10 Å². The van der Waals surface area contributed by atoms with Crippen LogP contribution in [0.2, 0.25) is 0 Å². The van der Waals surface area contributed by atoms with E-state index >= 15 is 0 Å². The molecule has 7 nitrogen and oxygen atoms in total. The van der Waals surface area contributed by atoms with E-state index in [2.05, 4.69) is 57.4 Å². The Hall–Kier alpha value is -3.52. The smallest absolute Gasteiger partial charge is 0.173 e. The van der Waals surface area contributed by atoms with Crippen LogP contribution in [0.1, 0.15) is 34.3 Å². The van der Waals surface area contributed by atoms with Crippen molar-refractivity contribution in [3.8, 4) is 0 Å². The number of halogens is 1. The maximum atomic E-state index is 13.7. The van der Waals surface area contributed by atoms with E-state index < -0.39 is 0 Å². The zero-order valence-electron chi connectivity index (χ0n) is 18.9. The Labute approximate surface area is 192 Å². The summed E-state index contributed by atoms with van der Waals surface area (Å²) in [5.41, 5.74) is 4.80. The average molecular weight is 447 g/mol. The molecule has 1 fully saturated rings. The molecule has 1 atom stereocenters. The predicted molar refractivity (Wildman–Crippen MR) is 124 cm³/mol. The first kappa shape index (κ1) is 21.3. The lowest BCUT2D eigenvalue weighted by Gasteiger charge is -2.40. The third kappa shape index (κ3) is 4.52. The Balaban J connectivity index is 1.43. The molecule has 3 heterocycles. The molecule has 1 aliphatic heterocycles. The number of aryl methyl sites for hydroxylation is 2. The van der Waals surface area contributed by atoms with Crippen LogP contribution in [0.4, 0.5) is 10.1 Å². The van der Waals surface area contributed by atoms with Crippen molar-refractivity contribution in [1.82, 2.24) is 25.1 Å². The van der Waals surface area contributed by atoms with Gasteiger partial charge in [-0.2, -0.15) is 0 Å². The number of piperazine rings is 1. The fraction of sp³-hybridized carbons (Fsp3) is 0.320. The van der Waals surface area contributed by atoms with Crippen molar-refractivity contribution < 1.29 is 8.81 Å². The molecule has 170 valence electrons. The Bertz CT molecular complexity index is 1200. The van der Waals surface area contributed by atoms with Gasteiger partial charge in [0.05, 0.1) is 12.3 Å². The number of furan rings is 1. The molecule has 0 bridgehead atoms. The molecule has 0 N–H and O–H groups in total. The van der Waals surface area contributed by atoms with E-state index in [-0.39, 0.29) is 11.9 Å². The molecule has 4 aromatic rings. The first-order valence-electron chi connectivity index (χ1n) is 11.2. The van der Waals surface area contributed by atoms with Crippen LogP contribution in [0.15, 0.2) is 65.3 Å². The van der Waals surface area contributed by atoms with Crippen molar-refractivity contribution in [3.63, 3.8) is 0 Å². The molecule has 1 saturated heterocycles. The molecule has 0 aliphatic carbocycles. The van der Waals surface area contributed by atoms with Crippen molar-refractivity contribution in [3.05, 3.63) is 95.0 Å². The molecule has 2 aromatic carbocycles. The van der Waals surface area contributed by atoms with Crippen molar-refractivity contribution >= 4 is 5.69 Å². The zero-order valence-corrected chi connectivity index (χ0v) is 18.9. The Morgan fingerprint density at radius 1 is 1.00 bits per heavy atom. The minimum atomic E-state index is -0.257. The summed E-state index contributed by atoms with van der Waals surface area (Å²) < 4.78 is 21.0. The summed E-state index contributed by atoms with van der Waals surface area (Å²) >= 11 is 0. The van der Waals surface area contributed by atoms with Gasteiger partial charge in [-0.3, -0.25) is 4.90 Å². The lowest BCUT2D eigenvalue weighted by molar-refractivity contribution is 0.200. The van der Waals surface area contributed by atoms with Gasteiger partial charge in [-0.05, 0) is 71.3 Å². The quantitative estimate of drug-likeness (QED) is 0.446.